The first kappa shape index (κ1) is 16.2. The molecule has 0 amide bonds. The molecular formula is C16H29NO2S. The van der Waals surface area contributed by atoms with Gasteiger partial charge in [0.2, 0.25) is 0 Å². The summed E-state index contributed by atoms with van der Waals surface area (Å²) in [5, 5.41) is 4.33. The molecule has 1 N–H and O–H groups in total. The van der Waals surface area contributed by atoms with Gasteiger partial charge >= 0.3 is 5.97 Å². The lowest BCUT2D eigenvalue weighted by Gasteiger charge is -2.34. The number of thioether (sulfide) groups is 1. The number of esters is 1. The van der Waals surface area contributed by atoms with Crippen LogP contribution in [0.4, 0.5) is 0 Å². The Labute approximate surface area is 127 Å². The molecule has 2 saturated carbocycles. The highest BCUT2D eigenvalue weighted by atomic mass is 32.2. The van der Waals surface area contributed by atoms with Gasteiger partial charge in [-0.25, -0.2) is 0 Å². The molecule has 2 aliphatic carbocycles. The second-order valence-corrected chi connectivity index (χ2v) is 8.09. The third-order valence-corrected chi connectivity index (χ3v) is 5.55. The molecule has 0 aliphatic heterocycles. The molecule has 2 unspecified atom stereocenters. The molecule has 0 spiro atoms. The predicted molar refractivity (Wildman–Crippen MR) is 85.1 cm³/mol. The van der Waals surface area contributed by atoms with Crippen molar-refractivity contribution in [3.05, 3.63) is 0 Å². The maximum absolute atomic E-state index is 12.5. The fourth-order valence-electron chi connectivity index (χ4n) is 3.28. The van der Waals surface area contributed by atoms with Crippen molar-refractivity contribution in [3.8, 4) is 0 Å². The van der Waals surface area contributed by atoms with Crippen molar-refractivity contribution in [2.24, 2.45) is 5.92 Å². The van der Waals surface area contributed by atoms with Crippen molar-refractivity contribution in [1.29, 1.82) is 0 Å². The van der Waals surface area contributed by atoms with Gasteiger partial charge in [0.25, 0.3) is 0 Å². The standard InChI is InChI=1S/C16H29NO2S/c1-4-19-15(18)16(17-14-7-8-14)10-5-6-13(16)9-11-20-12(2)3/h12-14,17H,4-11H2,1-3H3. The number of hydrogen-bond acceptors (Lipinski definition) is 4. The van der Waals surface area contributed by atoms with Crippen molar-refractivity contribution >= 4 is 17.7 Å². The summed E-state index contributed by atoms with van der Waals surface area (Å²) in [6.45, 7) is 6.86. The predicted octanol–water partition coefficient (Wildman–Crippen LogP) is 3.37. The van der Waals surface area contributed by atoms with Crippen molar-refractivity contribution in [2.75, 3.05) is 12.4 Å². The molecule has 3 nitrogen and oxygen atoms in total. The van der Waals surface area contributed by atoms with E-state index < -0.39 is 0 Å². The van der Waals surface area contributed by atoms with Crippen LogP contribution in [0.2, 0.25) is 0 Å². The molecule has 0 aromatic rings. The Hall–Kier alpha value is -0.220. The lowest BCUT2D eigenvalue weighted by atomic mass is 9.84. The molecule has 2 fully saturated rings. The highest BCUT2D eigenvalue weighted by Crippen LogP contribution is 2.42. The molecule has 2 atom stereocenters. The van der Waals surface area contributed by atoms with Gasteiger partial charge in [-0.3, -0.25) is 10.1 Å². The number of rotatable bonds is 8. The van der Waals surface area contributed by atoms with Crippen LogP contribution in [-0.4, -0.2) is 35.2 Å². The normalized spacial score (nSPS) is 29.9. The monoisotopic (exact) mass is 299 g/mol. The number of ether oxygens (including phenoxy) is 1. The fraction of sp³-hybridized carbons (Fsp3) is 0.938. The minimum atomic E-state index is -0.380. The van der Waals surface area contributed by atoms with Crippen LogP contribution in [0.5, 0.6) is 0 Å². The Morgan fingerprint density at radius 3 is 2.75 bits per heavy atom. The van der Waals surface area contributed by atoms with E-state index in [9.17, 15) is 4.79 Å². The van der Waals surface area contributed by atoms with E-state index in [1.807, 2.05) is 18.7 Å². The smallest absolute Gasteiger partial charge is 0.326 e. The Morgan fingerprint density at radius 1 is 1.40 bits per heavy atom. The van der Waals surface area contributed by atoms with E-state index >= 15 is 0 Å². The molecule has 2 rings (SSSR count). The van der Waals surface area contributed by atoms with Crippen molar-refractivity contribution in [2.45, 2.75) is 76.1 Å². The third-order valence-electron chi connectivity index (χ3n) is 4.42. The summed E-state index contributed by atoms with van der Waals surface area (Å²) in [5.74, 6) is 1.60. The van der Waals surface area contributed by atoms with Crippen LogP contribution in [0.1, 0.15) is 59.3 Å². The van der Waals surface area contributed by atoms with Crippen LogP contribution < -0.4 is 5.32 Å². The summed E-state index contributed by atoms with van der Waals surface area (Å²) in [6, 6.07) is 0.553. The number of carbonyl (C=O) groups is 1. The van der Waals surface area contributed by atoms with Gasteiger partial charge in [0.15, 0.2) is 0 Å². The highest BCUT2D eigenvalue weighted by Gasteiger charge is 2.51. The quantitative estimate of drug-likeness (QED) is 0.697. The average molecular weight is 299 g/mol. The molecule has 0 aromatic carbocycles. The summed E-state index contributed by atoms with van der Waals surface area (Å²) >= 11 is 2.00. The Kier molecular flexibility index (Phi) is 5.79. The minimum absolute atomic E-state index is 0.00365. The summed E-state index contributed by atoms with van der Waals surface area (Å²) in [5.41, 5.74) is -0.380. The zero-order chi connectivity index (χ0) is 14.6. The Balaban J connectivity index is 2.00. The molecule has 20 heavy (non-hydrogen) atoms. The van der Waals surface area contributed by atoms with Crippen LogP contribution in [0.15, 0.2) is 0 Å². The van der Waals surface area contributed by atoms with E-state index in [4.69, 9.17) is 4.74 Å². The first-order valence-corrected chi connectivity index (χ1v) is 9.20. The average Bonchev–Trinajstić information content (AvgIpc) is 3.10. The summed E-state index contributed by atoms with van der Waals surface area (Å²) in [6.07, 6.45) is 6.83. The number of nitrogens with one attached hydrogen (secondary N) is 1. The third kappa shape index (κ3) is 3.91. The van der Waals surface area contributed by atoms with Crippen molar-refractivity contribution in [1.82, 2.24) is 5.32 Å². The van der Waals surface area contributed by atoms with Crippen LogP contribution in [-0.2, 0) is 9.53 Å². The summed E-state index contributed by atoms with van der Waals surface area (Å²) in [4.78, 5) is 12.5. The Morgan fingerprint density at radius 2 is 2.15 bits per heavy atom. The zero-order valence-electron chi connectivity index (χ0n) is 13.1. The first-order chi connectivity index (χ1) is 9.58. The molecular weight excluding hydrogens is 270 g/mol. The lowest BCUT2D eigenvalue weighted by molar-refractivity contribution is -0.153. The summed E-state index contributed by atoms with van der Waals surface area (Å²) < 4.78 is 5.41. The van der Waals surface area contributed by atoms with Gasteiger partial charge in [-0.2, -0.15) is 11.8 Å². The second-order valence-electron chi connectivity index (χ2n) is 6.41. The first-order valence-electron chi connectivity index (χ1n) is 8.15. The van der Waals surface area contributed by atoms with Crippen molar-refractivity contribution < 1.29 is 9.53 Å². The lowest BCUT2D eigenvalue weighted by Crippen LogP contribution is -2.56. The maximum atomic E-state index is 12.5. The van der Waals surface area contributed by atoms with E-state index in [1.165, 1.54) is 12.8 Å². The number of hydrogen-bond donors (Lipinski definition) is 1. The van der Waals surface area contributed by atoms with Gasteiger partial charge in [0, 0.05) is 6.04 Å². The molecule has 116 valence electrons. The van der Waals surface area contributed by atoms with E-state index in [0.29, 0.717) is 23.8 Å². The van der Waals surface area contributed by atoms with E-state index in [1.54, 1.807) is 0 Å². The van der Waals surface area contributed by atoms with Gasteiger partial charge < -0.3 is 4.74 Å². The maximum Gasteiger partial charge on any atom is 0.326 e. The van der Waals surface area contributed by atoms with Gasteiger partial charge in [-0.15, -0.1) is 0 Å². The van der Waals surface area contributed by atoms with E-state index in [2.05, 4.69) is 19.2 Å². The van der Waals surface area contributed by atoms with E-state index in [-0.39, 0.29) is 11.5 Å². The summed E-state index contributed by atoms with van der Waals surface area (Å²) in [7, 11) is 0. The number of carbonyl (C=O) groups excluding carboxylic acids is 1. The topological polar surface area (TPSA) is 38.3 Å². The van der Waals surface area contributed by atoms with E-state index in [0.717, 1.165) is 31.4 Å². The van der Waals surface area contributed by atoms with Gasteiger partial charge in [0.1, 0.15) is 5.54 Å². The molecule has 0 heterocycles. The van der Waals surface area contributed by atoms with Gasteiger partial charge in [-0.05, 0) is 55.9 Å². The molecule has 2 aliphatic rings. The molecule has 0 bridgehead atoms. The van der Waals surface area contributed by atoms with Crippen LogP contribution in [0, 0.1) is 5.92 Å². The molecule has 0 radical (unpaired) electrons. The minimum Gasteiger partial charge on any atom is -0.465 e. The SMILES string of the molecule is CCOC(=O)C1(NC2CC2)CCCC1CCSC(C)C. The molecule has 0 aromatic heterocycles. The van der Waals surface area contributed by atoms with Gasteiger partial charge in [-0.1, -0.05) is 20.3 Å². The molecule has 0 saturated heterocycles. The largest absolute Gasteiger partial charge is 0.465 e. The highest BCUT2D eigenvalue weighted by molar-refractivity contribution is 7.99. The van der Waals surface area contributed by atoms with Crippen LogP contribution >= 0.6 is 11.8 Å². The van der Waals surface area contributed by atoms with Gasteiger partial charge in [0.05, 0.1) is 6.61 Å². The van der Waals surface area contributed by atoms with Crippen LogP contribution in [0.3, 0.4) is 0 Å². The zero-order valence-corrected chi connectivity index (χ0v) is 13.9. The fourth-order valence-corrected chi connectivity index (χ4v) is 4.18. The Bertz CT molecular complexity index is 330. The van der Waals surface area contributed by atoms with Crippen LogP contribution in [0.25, 0.3) is 0 Å². The second kappa shape index (κ2) is 7.17. The van der Waals surface area contributed by atoms with Crippen molar-refractivity contribution in [3.63, 3.8) is 0 Å². The molecule has 4 heteroatoms.